The minimum atomic E-state index is -0.324. The molecular weight excluding hydrogens is 231 g/mol. The quantitative estimate of drug-likeness (QED) is 0.784. The molecule has 0 bridgehead atoms. The number of hydrogen-bond acceptors (Lipinski definition) is 3. The molecule has 0 aliphatic heterocycles. The Labute approximate surface area is 96.9 Å². The summed E-state index contributed by atoms with van der Waals surface area (Å²) in [5, 5.41) is 0. The highest BCUT2D eigenvalue weighted by Gasteiger charge is 2.11. The van der Waals surface area contributed by atoms with Crippen LogP contribution >= 0.6 is 24.0 Å². The van der Waals surface area contributed by atoms with Crippen LogP contribution in [-0.4, -0.2) is 7.11 Å². The minimum Gasteiger partial charge on any atom is -0.494 e. The molecule has 1 heterocycles. The average molecular weight is 240 g/mol. The molecule has 2 rings (SSSR count). The number of benzene rings is 1. The van der Waals surface area contributed by atoms with E-state index < -0.39 is 0 Å². The normalized spacial score (nSPS) is 10.3. The Balaban J connectivity index is 2.53. The van der Waals surface area contributed by atoms with E-state index in [1.165, 1.54) is 18.4 Å². The lowest BCUT2D eigenvalue weighted by atomic mass is 10.1. The molecule has 78 valence electrons. The van der Waals surface area contributed by atoms with Gasteiger partial charge >= 0.3 is 0 Å². The first-order valence-electron chi connectivity index (χ1n) is 4.34. The highest BCUT2D eigenvalue weighted by atomic mass is 32.2. The largest absolute Gasteiger partial charge is 0.494 e. The summed E-state index contributed by atoms with van der Waals surface area (Å²) in [6.07, 6.45) is 0. The monoisotopic (exact) mass is 240 g/mol. The zero-order chi connectivity index (χ0) is 10.8. The van der Waals surface area contributed by atoms with Gasteiger partial charge in [-0.05, 0) is 18.2 Å². The zero-order valence-electron chi connectivity index (χ0n) is 8.03. The smallest absolute Gasteiger partial charge is 0.173 e. The van der Waals surface area contributed by atoms with Gasteiger partial charge in [-0.2, -0.15) is 0 Å². The molecule has 1 aromatic carbocycles. The maximum Gasteiger partial charge on any atom is 0.173 e. The van der Waals surface area contributed by atoms with Crippen molar-refractivity contribution >= 4 is 24.0 Å². The molecule has 2 aromatic rings. The number of methoxy groups -OCH3 is 1. The van der Waals surface area contributed by atoms with E-state index in [1.807, 2.05) is 12.1 Å². The van der Waals surface area contributed by atoms with Crippen LogP contribution in [0.5, 0.6) is 5.75 Å². The van der Waals surface area contributed by atoms with Gasteiger partial charge in [0.2, 0.25) is 0 Å². The van der Waals surface area contributed by atoms with Crippen LogP contribution in [0.25, 0.3) is 10.4 Å². The summed E-state index contributed by atoms with van der Waals surface area (Å²) in [6, 6.07) is 8.81. The number of thiophene rings is 1. The first-order valence-corrected chi connectivity index (χ1v) is 5.60. The Hall–Kier alpha value is -1.00. The van der Waals surface area contributed by atoms with E-state index in [1.54, 1.807) is 18.2 Å². The van der Waals surface area contributed by atoms with Crippen molar-refractivity contribution in [2.45, 2.75) is 4.21 Å². The predicted octanol–water partition coefficient (Wildman–Crippen LogP) is 3.85. The third-order valence-corrected chi connectivity index (χ3v) is 3.38. The lowest BCUT2D eigenvalue weighted by molar-refractivity contribution is 0.387. The van der Waals surface area contributed by atoms with Crippen molar-refractivity contribution in [1.29, 1.82) is 0 Å². The van der Waals surface area contributed by atoms with Crippen LogP contribution in [0.2, 0.25) is 0 Å². The van der Waals surface area contributed by atoms with Crippen LogP contribution < -0.4 is 4.74 Å². The second-order valence-corrected chi connectivity index (χ2v) is 4.83. The van der Waals surface area contributed by atoms with E-state index in [4.69, 9.17) is 4.74 Å². The number of halogens is 1. The maximum atomic E-state index is 13.8. The lowest BCUT2D eigenvalue weighted by Gasteiger charge is -2.05. The third kappa shape index (κ3) is 2.01. The molecule has 0 unspecified atom stereocenters. The fraction of sp³-hybridized carbons (Fsp3) is 0.0909. The Morgan fingerprint density at radius 3 is 2.67 bits per heavy atom. The molecule has 0 radical (unpaired) electrons. The van der Waals surface area contributed by atoms with E-state index in [2.05, 4.69) is 12.6 Å². The van der Waals surface area contributed by atoms with E-state index in [9.17, 15) is 4.39 Å². The lowest BCUT2D eigenvalue weighted by Crippen LogP contribution is -1.89. The van der Waals surface area contributed by atoms with Gasteiger partial charge in [-0.15, -0.1) is 24.0 Å². The van der Waals surface area contributed by atoms with Crippen molar-refractivity contribution in [3.05, 3.63) is 36.1 Å². The van der Waals surface area contributed by atoms with Crippen LogP contribution in [0.3, 0.4) is 0 Å². The van der Waals surface area contributed by atoms with Gasteiger partial charge in [-0.1, -0.05) is 12.1 Å². The van der Waals surface area contributed by atoms with E-state index in [0.717, 1.165) is 9.09 Å². The number of thiol groups is 1. The summed E-state index contributed by atoms with van der Waals surface area (Å²) in [7, 11) is 1.46. The third-order valence-electron chi connectivity index (χ3n) is 2.04. The second kappa shape index (κ2) is 4.24. The van der Waals surface area contributed by atoms with Crippen molar-refractivity contribution in [3.8, 4) is 16.2 Å². The summed E-state index contributed by atoms with van der Waals surface area (Å²) in [5.41, 5.74) is 0.555. The molecule has 0 spiro atoms. The molecule has 0 atom stereocenters. The van der Waals surface area contributed by atoms with Gasteiger partial charge in [-0.25, -0.2) is 4.39 Å². The molecule has 1 nitrogen and oxygen atoms in total. The summed E-state index contributed by atoms with van der Waals surface area (Å²) in [4.78, 5) is 0.858. The molecule has 0 N–H and O–H groups in total. The van der Waals surface area contributed by atoms with Crippen molar-refractivity contribution < 1.29 is 9.13 Å². The zero-order valence-corrected chi connectivity index (χ0v) is 9.74. The highest BCUT2D eigenvalue weighted by Crippen LogP contribution is 2.34. The first-order chi connectivity index (χ1) is 7.22. The maximum absolute atomic E-state index is 13.8. The Bertz CT molecular complexity index is 479. The molecule has 0 saturated carbocycles. The molecule has 0 amide bonds. The number of ether oxygens (including phenoxy) is 1. The summed E-state index contributed by atoms with van der Waals surface area (Å²) < 4.78 is 19.6. The van der Waals surface area contributed by atoms with Gasteiger partial charge in [0.05, 0.1) is 11.3 Å². The molecule has 1 aromatic heterocycles. The van der Waals surface area contributed by atoms with Crippen molar-refractivity contribution in [3.63, 3.8) is 0 Å². The minimum absolute atomic E-state index is 0.265. The molecule has 0 aliphatic rings. The van der Waals surface area contributed by atoms with Crippen molar-refractivity contribution in [1.82, 2.24) is 0 Å². The molecule has 4 heteroatoms. The van der Waals surface area contributed by atoms with Crippen LogP contribution in [0.4, 0.5) is 4.39 Å². The van der Waals surface area contributed by atoms with Crippen LogP contribution in [-0.2, 0) is 0 Å². The Morgan fingerprint density at radius 2 is 2.07 bits per heavy atom. The molecular formula is C11H9FOS2. The van der Waals surface area contributed by atoms with Crippen LogP contribution in [0.15, 0.2) is 34.5 Å². The SMILES string of the molecule is COc1cccc(-c2ccc(S)s2)c1F. The summed E-state index contributed by atoms with van der Waals surface area (Å²) in [5.74, 6) is -0.0585. The number of rotatable bonds is 2. The fourth-order valence-corrected chi connectivity index (χ4v) is 2.47. The van der Waals surface area contributed by atoms with Gasteiger partial charge in [0.25, 0.3) is 0 Å². The molecule has 0 fully saturated rings. The van der Waals surface area contributed by atoms with Crippen molar-refractivity contribution in [2.24, 2.45) is 0 Å². The Kier molecular flexibility index (Phi) is 2.98. The van der Waals surface area contributed by atoms with Gasteiger partial charge in [0.15, 0.2) is 11.6 Å². The van der Waals surface area contributed by atoms with Gasteiger partial charge in [0.1, 0.15) is 0 Å². The van der Waals surface area contributed by atoms with E-state index in [-0.39, 0.29) is 11.6 Å². The van der Waals surface area contributed by atoms with Crippen LogP contribution in [0, 0.1) is 5.82 Å². The van der Waals surface area contributed by atoms with Crippen molar-refractivity contribution in [2.75, 3.05) is 7.11 Å². The highest BCUT2D eigenvalue weighted by molar-refractivity contribution is 7.83. The molecule has 0 aliphatic carbocycles. The standard InChI is InChI=1S/C11H9FOS2/c1-13-8-4-2-3-7(11(8)12)9-5-6-10(14)15-9/h2-6,14H,1H3. The van der Waals surface area contributed by atoms with Gasteiger partial charge < -0.3 is 4.74 Å². The molecule has 15 heavy (non-hydrogen) atoms. The second-order valence-electron chi connectivity index (χ2n) is 2.96. The number of hydrogen-bond donors (Lipinski definition) is 1. The summed E-state index contributed by atoms with van der Waals surface area (Å²) >= 11 is 5.65. The average Bonchev–Trinajstić information content (AvgIpc) is 2.65. The topological polar surface area (TPSA) is 9.23 Å². The Morgan fingerprint density at radius 1 is 1.27 bits per heavy atom. The van der Waals surface area contributed by atoms with Crippen LogP contribution in [0.1, 0.15) is 0 Å². The fourth-order valence-electron chi connectivity index (χ4n) is 1.33. The molecule has 0 saturated heterocycles. The summed E-state index contributed by atoms with van der Waals surface area (Å²) in [6.45, 7) is 0. The van der Waals surface area contributed by atoms with Gasteiger partial charge in [0, 0.05) is 10.4 Å². The van der Waals surface area contributed by atoms with E-state index in [0.29, 0.717) is 5.56 Å². The predicted molar refractivity (Wildman–Crippen MR) is 63.5 cm³/mol. The first kappa shape index (κ1) is 10.5. The van der Waals surface area contributed by atoms with E-state index >= 15 is 0 Å². The van der Waals surface area contributed by atoms with Gasteiger partial charge in [-0.3, -0.25) is 0 Å².